The molecule has 0 saturated carbocycles. The van der Waals surface area contributed by atoms with E-state index in [0.29, 0.717) is 17.7 Å². The molecule has 1 unspecified atom stereocenters. The molecule has 0 bridgehead atoms. The van der Waals surface area contributed by atoms with Gasteiger partial charge < -0.3 is 15.4 Å². The van der Waals surface area contributed by atoms with Crippen LogP contribution in [0.15, 0.2) is 53.4 Å². The lowest BCUT2D eigenvalue weighted by atomic mass is 10.1. The van der Waals surface area contributed by atoms with Crippen molar-refractivity contribution in [2.24, 2.45) is 0 Å². The first kappa shape index (κ1) is 18.0. The molecule has 7 heteroatoms. The number of esters is 1. The number of nitrogens with one attached hydrogen (secondary N) is 2. The van der Waals surface area contributed by atoms with Crippen LogP contribution < -0.4 is 10.6 Å². The van der Waals surface area contributed by atoms with Gasteiger partial charge in [-0.3, -0.25) is 14.4 Å². The van der Waals surface area contributed by atoms with Crippen molar-refractivity contribution in [2.45, 2.75) is 16.6 Å². The number of carbonyl (C=O) groups is 3. The van der Waals surface area contributed by atoms with Crippen molar-refractivity contribution in [3.8, 4) is 0 Å². The van der Waals surface area contributed by atoms with Crippen molar-refractivity contribution in [3.05, 3.63) is 59.7 Å². The predicted octanol–water partition coefficient (Wildman–Crippen LogP) is 2.24. The number of thioether (sulfide) groups is 1. The van der Waals surface area contributed by atoms with E-state index in [0.717, 1.165) is 4.90 Å². The number of fused-ring (bicyclic) bond motifs is 1. The van der Waals surface area contributed by atoms with Crippen LogP contribution in [0.3, 0.4) is 0 Å². The molecule has 0 fully saturated rings. The van der Waals surface area contributed by atoms with Crippen LogP contribution in [0, 0.1) is 0 Å². The third-order valence-corrected chi connectivity index (χ3v) is 5.27. The molecule has 1 aliphatic heterocycles. The smallest absolute Gasteiger partial charge is 0.325 e. The van der Waals surface area contributed by atoms with Gasteiger partial charge >= 0.3 is 5.97 Å². The summed E-state index contributed by atoms with van der Waals surface area (Å²) in [5.41, 5.74) is 2.07. The van der Waals surface area contributed by atoms with Crippen molar-refractivity contribution >= 4 is 35.2 Å². The number of amides is 2. The molecule has 0 aliphatic carbocycles. The number of anilines is 1. The fourth-order valence-electron chi connectivity index (χ4n) is 2.62. The van der Waals surface area contributed by atoms with Crippen molar-refractivity contribution in [1.29, 1.82) is 0 Å². The van der Waals surface area contributed by atoms with E-state index in [1.54, 1.807) is 36.0 Å². The predicted molar refractivity (Wildman–Crippen MR) is 99.2 cm³/mol. The molecule has 0 saturated heterocycles. The van der Waals surface area contributed by atoms with Crippen molar-refractivity contribution in [2.75, 3.05) is 19.0 Å². The Morgan fingerprint density at radius 2 is 1.96 bits per heavy atom. The van der Waals surface area contributed by atoms with Crippen LogP contribution in [0.2, 0.25) is 0 Å². The van der Waals surface area contributed by atoms with Crippen LogP contribution in [0.5, 0.6) is 0 Å². The minimum atomic E-state index is -0.527. The van der Waals surface area contributed by atoms with E-state index in [1.807, 2.05) is 24.3 Å². The van der Waals surface area contributed by atoms with Crippen LogP contribution >= 0.6 is 11.8 Å². The zero-order valence-corrected chi connectivity index (χ0v) is 15.0. The largest absolute Gasteiger partial charge is 0.468 e. The second-order valence-electron chi connectivity index (χ2n) is 5.75. The van der Waals surface area contributed by atoms with Gasteiger partial charge in [0, 0.05) is 16.1 Å². The molecule has 2 amide bonds. The normalized spacial score (nSPS) is 15.0. The quantitative estimate of drug-likeness (QED) is 0.789. The highest BCUT2D eigenvalue weighted by Gasteiger charge is 2.28. The van der Waals surface area contributed by atoms with Gasteiger partial charge in [0.25, 0.3) is 5.91 Å². The lowest BCUT2D eigenvalue weighted by Gasteiger charge is -2.11. The molecule has 3 rings (SSSR count). The Morgan fingerprint density at radius 3 is 2.73 bits per heavy atom. The molecule has 1 aliphatic rings. The molecule has 0 radical (unpaired) electrons. The van der Waals surface area contributed by atoms with E-state index >= 15 is 0 Å². The molecule has 0 spiro atoms. The monoisotopic (exact) mass is 370 g/mol. The molecule has 2 N–H and O–H groups in total. The Morgan fingerprint density at radius 1 is 1.15 bits per heavy atom. The average Bonchev–Trinajstić information content (AvgIpc) is 3.10. The molecular formula is C19H18N2O4S. The molecule has 1 heterocycles. The van der Waals surface area contributed by atoms with Crippen LogP contribution in [0.4, 0.5) is 5.69 Å². The molecule has 6 nitrogen and oxygen atoms in total. The summed E-state index contributed by atoms with van der Waals surface area (Å²) in [6, 6.07) is 14.6. The lowest BCUT2D eigenvalue weighted by Crippen LogP contribution is -2.30. The Balaban J connectivity index is 1.61. The molecule has 26 heavy (non-hydrogen) atoms. The number of rotatable bonds is 5. The molecule has 0 aromatic heterocycles. The first-order valence-electron chi connectivity index (χ1n) is 8.07. The lowest BCUT2D eigenvalue weighted by molar-refractivity contribution is -0.139. The van der Waals surface area contributed by atoms with Crippen LogP contribution in [0.1, 0.15) is 15.9 Å². The van der Waals surface area contributed by atoms with Gasteiger partial charge in [-0.25, -0.2) is 0 Å². The second-order valence-corrected chi connectivity index (χ2v) is 6.99. The number of carbonyl (C=O) groups excluding carboxylic acids is 3. The highest BCUT2D eigenvalue weighted by Crippen LogP contribution is 2.37. The van der Waals surface area contributed by atoms with Crippen LogP contribution in [0.25, 0.3) is 0 Å². The Bertz CT molecular complexity index is 828. The van der Waals surface area contributed by atoms with E-state index < -0.39 is 11.9 Å². The summed E-state index contributed by atoms with van der Waals surface area (Å²) in [4.78, 5) is 36.8. The van der Waals surface area contributed by atoms with Crippen molar-refractivity contribution < 1.29 is 19.1 Å². The first-order valence-corrected chi connectivity index (χ1v) is 8.95. The van der Waals surface area contributed by atoms with Gasteiger partial charge in [-0.1, -0.05) is 24.3 Å². The molecular weight excluding hydrogens is 352 g/mol. The van der Waals surface area contributed by atoms with E-state index in [4.69, 9.17) is 0 Å². The van der Waals surface area contributed by atoms with Gasteiger partial charge in [0.15, 0.2) is 0 Å². The summed E-state index contributed by atoms with van der Waals surface area (Å²) >= 11 is 1.55. The highest BCUT2D eigenvalue weighted by atomic mass is 32.2. The standard InChI is InChI=1S/C19H18N2O4S/c1-25-17(22)11-20-18(23)13-6-4-7-14(9-13)21-19(24)16-10-12-5-2-3-8-15(12)26-16/h2-9,16H,10-11H2,1H3,(H,20,23)(H,21,24). The van der Waals surface area contributed by atoms with E-state index in [2.05, 4.69) is 15.4 Å². The zero-order chi connectivity index (χ0) is 18.5. The molecule has 1 atom stereocenters. The fourth-order valence-corrected chi connectivity index (χ4v) is 3.81. The van der Waals surface area contributed by atoms with Gasteiger partial charge in [0.2, 0.25) is 5.91 Å². The number of benzene rings is 2. The summed E-state index contributed by atoms with van der Waals surface area (Å²) in [5, 5.41) is 5.13. The van der Waals surface area contributed by atoms with Gasteiger partial charge in [-0.2, -0.15) is 0 Å². The number of hydrogen-bond acceptors (Lipinski definition) is 5. The molecule has 134 valence electrons. The van der Waals surface area contributed by atoms with Crippen LogP contribution in [-0.2, 0) is 20.7 Å². The maximum atomic E-state index is 12.5. The maximum Gasteiger partial charge on any atom is 0.325 e. The number of methoxy groups -OCH3 is 1. The van der Waals surface area contributed by atoms with Gasteiger partial charge in [0.05, 0.1) is 12.4 Å². The van der Waals surface area contributed by atoms with E-state index in [1.165, 1.54) is 12.7 Å². The average molecular weight is 370 g/mol. The number of hydrogen-bond donors (Lipinski definition) is 2. The topological polar surface area (TPSA) is 84.5 Å². The van der Waals surface area contributed by atoms with E-state index in [-0.39, 0.29) is 17.7 Å². The third kappa shape index (κ3) is 4.23. The summed E-state index contributed by atoms with van der Waals surface area (Å²) in [7, 11) is 1.25. The zero-order valence-electron chi connectivity index (χ0n) is 14.2. The van der Waals surface area contributed by atoms with Gasteiger partial charge in [0.1, 0.15) is 6.54 Å². The summed E-state index contributed by atoms with van der Waals surface area (Å²) < 4.78 is 4.48. The minimum absolute atomic E-state index is 0.0988. The summed E-state index contributed by atoms with van der Waals surface area (Å²) in [6.07, 6.45) is 0.686. The van der Waals surface area contributed by atoms with Gasteiger partial charge in [-0.05, 0) is 36.2 Å². The Labute approximate surface area is 155 Å². The van der Waals surface area contributed by atoms with Gasteiger partial charge in [-0.15, -0.1) is 11.8 Å². The summed E-state index contributed by atoms with van der Waals surface area (Å²) in [5.74, 6) is -1.03. The van der Waals surface area contributed by atoms with Crippen molar-refractivity contribution in [3.63, 3.8) is 0 Å². The third-order valence-electron chi connectivity index (χ3n) is 3.95. The highest BCUT2D eigenvalue weighted by molar-refractivity contribution is 8.01. The molecule has 2 aromatic rings. The van der Waals surface area contributed by atoms with Crippen molar-refractivity contribution in [1.82, 2.24) is 5.32 Å². The SMILES string of the molecule is COC(=O)CNC(=O)c1cccc(NC(=O)C2Cc3ccccc3S2)c1. The number of ether oxygens (including phenoxy) is 1. The van der Waals surface area contributed by atoms with Crippen LogP contribution in [-0.4, -0.2) is 36.7 Å². The Kier molecular flexibility index (Phi) is 5.58. The first-order chi connectivity index (χ1) is 12.6. The minimum Gasteiger partial charge on any atom is -0.468 e. The maximum absolute atomic E-state index is 12.5. The Hall–Kier alpha value is -2.80. The molecule has 2 aromatic carbocycles. The summed E-state index contributed by atoms with van der Waals surface area (Å²) in [6.45, 7) is -0.205. The fraction of sp³-hybridized carbons (Fsp3) is 0.211. The second kappa shape index (κ2) is 8.05. The van der Waals surface area contributed by atoms with E-state index in [9.17, 15) is 14.4 Å².